The maximum absolute atomic E-state index is 6.49. The maximum Gasteiger partial charge on any atom is 0.174 e. The van der Waals surface area contributed by atoms with E-state index in [1.54, 1.807) is 7.11 Å². The van der Waals surface area contributed by atoms with Gasteiger partial charge in [-0.1, -0.05) is 29.8 Å². The summed E-state index contributed by atoms with van der Waals surface area (Å²) in [5.74, 6) is 0.624. The van der Waals surface area contributed by atoms with E-state index >= 15 is 0 Å². The number of ether oxygens (including phenoxy) is 1. The van der Waals surface area contributed by atoms with Gasteiger partial charge in [-0.2, -0.15) is 0 Å². The van der Waals surface area contributed by atoms with Gasteiger partial charge >= 0.3 is 0 Å². The van der Waals surface area contributed by atoms with Crippen LogP contribution in [0.1, 0.15) is 29.0 Å². The molecule has 166 valence electrons. The van der Waals surface area contributed by atoms with Crippen LogP contribution >= 0.6 is 23.8 Å². The molecule has 1 saturated heterocycles. The van der Waals surface area contributed by atoms with Crippen molar-refractivity contribution in [3.63, 3.8) is 0 Å². The predicted octanol–water partition coefficient (Wildman–Crippen LogP) is 6.02. The molecule has 0 spiro atoms. The van der Waals surface area contributed by atoms with E-state index in [9.17, 15) is 0 Å². The Morgan fingerprint density at radius 3 is 2.61 bits per heavy atom. The van der Waals surface area contributed by atoms with Crippen molar-refractivity contribution < 1.29 is 4.74 Å². The summed E-state index contributed by atoms with van der Waals surface area (Å²) >= 11 is 12.3. The van der Waals surface area contributed by atoms with Crippen molar-refractivity contribution in [1.82, 2.24) is 14.9 Å². The monoisotopic (exact) mass is 474 g/mol. The Morgan fingerprint density at radius 1 is 1.00 bits per heavy atom. The van der Waals surface area contributed by atoms with Gasteiger partial charge in [0.2, 0.25) is 0 Å². The summed E-state index contributed by atoms with van der Waals surface area (Å²) in [5.41, 5.74) is 5.20. The summed E-state index contributed by atoms with van der Waals surface area (Å²) in [6.45, 7) is 2.10. The minimum Gasteiger partial charge on any atom is -0.495 e. The average Bonchev–Trinajstić information content (AvgIpc) is 3.44. The molecule has 2 atom stereocenters. The molecule has 5 rings (SSSR count). The molecular weight excluding hydrogens is 452 g/mol. The predicted molar refractivity (Wildman–Crippen MR) is 136 cm³/mol. The molecule has 0 bridgehead atoms. The van der Waals surface area contributed by atoms with Crippen LogP contribution in [0.4, 0.5) is 5.69 Å². The summed E-state index contributed by atoms with van der Waals surface area (Å²) in [6.07, 6.45) is 3.89. The Bertz CT molecular complexity index is 1310. The summed E-state index contributed by atoms with van der Waals surface area (Å²) in [4.78, 5) is 6.75. The Balaban J connectivity index is 1.67. The van der Waals surface area contributed by atoms with Gasteiger partial charge in [0.1, 0.15) is 11.8 Å². The van der Waals surface area contributed by atoms with Crippen molar-refractivity contribution in [2.45, 2.75) is 19.0 Å². The van der Waals surface area contributed by atoms with Gasteiger partial charge in [0, 0.05) is 29.5 Å². The lowest BCUT2D eigenvalue weighted by Crippen LogP contribution is -2.30. The van der Waals surface area contributed by atoms with Crippen LogP contribution in [0.5, 0.6) is 5.75 Å². The van der Waals surface area contributed by atoms with Crippen LogP contribution < -0.4 is 15.0 Å². The third-order valence-electron chi connectivity index (χ3n) is 5.87. The number of thiocarbonyl (C=S) groups is 1. The number of pyridine rings is 1. The Labute approximate surface area is 203 Å². The van der Waals surface area contributed by atoms with Crippen molar-refractivity contribution in [3.8, 4) is 11.4 Å². The summed E-state index contributed by atoms with van der Waals surface area (Å²) in [7, 11) is 1.61. The fraction of sp³-hybridized carbons (Fsp3) is 0.154. The first-order valence-electron chi connectivity index (χ1n) is 10.7. The van der Waals surface area contributed by atoms with Crippen LogP contribution in [-0.4, -0.2) is 21.8 Å². The first kappa shape index (κ1) is 21.5. The smallest absolute Gasteiger partial charge is 0.174 e. The lowest BCUT2D eigenvalue weighted by Gasteiger charge is -2.29. The van der Waals surface area contributed by atoms with E-state index in [0.29, 0.717) is 15.9 Å². The van der Waals surface area contributed by atoms with Gasteiger partial charge < -0.3 is 19.5 Å². The zero-order valence-corrected chi connectivity index (χ0v) is 19.8. The van der Waals surface area contributed by atoms with E-state index < -0.39 is 0 Å². The highest BCUT2D eigenvalue weighted by molar-refractivity contribution is 7.80. The van der Waals surface area contributed by atoms with Gasteiger partial charge in [0.15, 0.2) is 5.11 Å². The number of rotatable bonds is 5. The van der Waals surface area contributed by atoms with Crippen LogP contribution in [0, 0.1) is 6.92 Å². The molecule has 3 heterocycles. The molecular formula is C26H23ClN4OS. The fourth-order valence-electron chi connectivity index (χ4n) is 4.39. The zero-order chi connectivity index (χ0) is 22.9. The van der Waals surface area contributed by atoms with Crippen LogP contribution in [0.25, 0.3) is 5.69 Å². The molecule has 2 aromatic heterocycles. The third kappa shape index (κ3) is 3.96. The van der Waals surface area contributed by atoms with Gasteiger partial charge in [-0.3, -0.25) is 4.98 Å². The van der Waals surface area contributed by atoms with Crippen molar-refractivity contribution in [1.29, 1.82) is 0 Å². The number of hydrogen-bond donors (Lipinski definition) is 1. The number of methoxy groups -OCH3 is 1. The quantitative estimate of drug-likeness (QED) is 0.358. The van der Waals surface area contributed by atoms with E-state index in [-0.39, 0.29) is 12.1 Å². The second-order valence-electron chi connectivity index (χ2n) is 7.96. The summed E-state index contributed by atoms with van der Waals surface area (Å²) in [6, 6.07) is 24.0. The van der Waals surface area contributed by atoms with Gasteiger partial charge in [0.25, 0.3) is 0 Å². The SMILES string of the molecule is COc1ccc(N2C(=S)N[C@@H](c3ccccn3)[C@@H]2c2cccn2-c2cccc(C)c2)cc1Cl. The number of anilines is 1. The highest BCUT2D eigenvalue weighted by Gasteiger charge is 2.42. The number of benzene rings is 2. The largest absolute Gasteiger partial charge is 0.495 e. The molecule has 0 radical (unpaired) electrons. The van der Waals surface area contributed by atoms with Crippen molar-refractivity contribution in [2.24, 2.45) is 0 Å². The topological polar surface area (TPSA) is 42.3 Å². The van der Waals surface area contributed by atoms with E-state index in [0.717, 1.165) is 22.8 Å². The van der Waals surface area contributed by atoms with Crippen molar-refractivity contribution in [2.75, 3.05) is 12.0 Å². The second-order valence-corrected chi connectivity index (χ2v) is 8.75. The van der Waals surface area contributed by atoms with Crippen LogP contribution in [-0.2, 0) is 0 Å². The number of hydrogen-bond acceptors (Lipinski definition) is 3. The Morgan fingerprint density at radius 2 is 1.88 bits per heavy atom. The lowest BCUT2D eigenvalue weighted by molar-refractivity contribution is 0.415. The third-order valence-corrected chi connectivity index (χ3v) is 6.48. The molecule has 0 saturated carbocycles. The molecule has 1 N–H and O–H groups in total. The standard InChI is InChI=1S/C26H23ClN4OS/c1-17-7-5-8-18(15-17)30-14-6-10-22(30)25-24(21-9-3-4-13-28-21)29-26(33)31(25)19-11-12-23(32-2)20(27)16-19/h3-16,24-25H,1-2H3,(H,29,33)/t24-,25-/m0/s1. The highest BCUT2D eigenvalue weighted by atomic mass is 35.5. The first-order valence-corrected chi connectivity index (χ1v) is 11.4. The fourth-order valence-corrected chi connectivity index (χ4v) is 4.98. The maximum atomic E-state index is 6.49. The molecule has 2 aromatic carbocycles. The van der Waals surface area contributed by atoms with Crippen molar-refractivity contribution >= 4 is 34.6 Å². The normalized spacial score (nSPS) is 17.8. The van der Waals surface area contributed by atoms with Crippen LogP contribution in [0.3, 0.4) is 0 Å². The molecule has 7 heteroatoms. The van der Waals surface area contributed by atoms with Gasteiger partial charge in [0.05, 0.1) is 23.9 Å². The second kappa shape index (κ2) is 8.89. The first-order chi connectivity index (χ1) is 16.1. The molecule has 1 fully saturated rings. The number of nitrogens with zero attached hydrogens (tertiary/aromatic N) is 3. The summed E-state index contributed by atoms with van der Waals surface area (Å²) in [5, 5.41) is 4.66. The lowest BCUT2D eigenvalue weighted by atomic mass is 10.0. The minimum atomic E-state index is -0.146. The molecule has 1 aliphatic heterocycles. The number of halogens is 1. The number of aromatic nitrogens is 2. The van der Waals surface area contributed by atoms with E-state index in [2.05, 4.69) is 69.3 Å². The molecule has 0 amide bonds. The zero-order valence-electron chi connectivity index (χ0n) is 18.3. The van der Waals surface area contributed by atoms with Gasteiger partial charge in [-0.15, -0.1) is 0 Å². The van der Waals surface area contributed by atoms with Crippen molar-refractivity contribution in [3.05, 3.63) is 107 Å². The molecule has 1 aliphatic rings. The molecule has 0 unspecified atom stereocenters. The van der Waals surface area contributed by atoms with E-state index in [1.807, 2.05) is 42.6 Å². The van der Waals surface area contributed by atoms with Crippen LogP contribution in [0.15, 0.2) is 85.2 Å². The Kier molecular flexibility index (Phi) is 5.79. The minimum absolute atomic E-state index is 0.141. The number of aryl methyl sites for hydroxylation is 1. The number of nitrogens with one attached hydrogen (secondary N) is 1. The van der Waals surface area contributed by atoms with E-state index in [4.69, 9.17) is 28.6 Å². The average molecular weight is 475 g/mol. The summed E-state index contributed by atoms with van der Waals surface area (Å²) < 4.78 is 7.56. The van der Waals surface area contributed by atoms with Gasteiger partial charge in [-0.05, 0) is 79.3 Å². The molecule has 33 heavy (non-hydrogen) atoms. The van der Waals surface area contributed by atoms with Gasteiger partial charge in [-0.25, -0.2) is 0 Å². The Hall–Kier alpha value is -3.35. The van der Waals surface area contributed by atoms with Crippen LogP contribution in [0.2, 0.25) is 5.02 Å². The highest BCUT2D eigenvalue weighted by Crippen LogP contribution is 2.43. The molecule has 4 aromatic rings. The molecule has 5 nitrogen and oxygen atoms in total. The van der Waals surface area contributed by atoms with E-state index in [1.165, 1.54) is 5.56 Å². The molecule has 0 aliphatic carbocycles.